The van der Waals surface area contributed by atoms with Gasteiger partial charge in [0.2, 0.25) is 0 Å². The Morgan fingerprint density at radius 2 is 1.79 bits per heavy atom. The summed E-state index contributed by atoms with van der Waals surface area (Å²) >= 11 is 0. The number of ether oxygens (including phenoxy) is 1. The number of hydrogen-bond donors (Lipinski definition) is 0. The van der Waals surface area contributed by atoms with Crippen LogP contribution in [0.4, 0.5) is 0 Å². The predicted molar refractivity (Wildman–Crippen MR) is 133 cm³/mol. The molecule has 1 unspecified atom stereocenters. The average molecular weight is 467 g/mol. The topological polar surface area (TPSA) is 51.5 Å². The lowest BCUT2D eigenvalue weighted by atomic mass is 10.0. The number of aromatic nitrogens is 1. The second-order valence-corrected chi connectivity index (χ2v) is 11.6. The highest BCUT2D eigenvalue weighted by Crippen LogP contribution is 2.35. The summed E-state index contributed by atoms with van der Waals surface area (Å²) in [5.41, 5.74) is 3.12. The van der Waals surface area contributed by atoms with Gasteiger partial charge >= 0.3 is 0 Å². The molecule has 1 fully saturated rings. The van der Waals surface area contributed by atoms with Crippen molar-refractivity contribution in [2.24, 2.45) is 0 Å². The molecule has 0 spiro atoms. The lowest BCUT2D eigenvalue weighted by molar-refractivity contribution is 0.156. The van der Waals surface area contributed by atoms with Crippen LogP contribution in [0.15, 0.2) is 71.8 Å². The van der Waals surface area contributed by atoms with Crippen molar-refractivity contribution in [1.29, 1.82) is 0 Å². The number of likely N-dealkylation sites (tertiary alicyclic amines) is 1. The van der Waals surface area contributed by atoms with Crippen molar-refractivity contribution >= 4 is 9.84 Å². The molecule has 3 aromatic rings. The molecular weight excluding hydrogens is 432 g/mol. The van der Waals surface area contributed by atoms with Gasteiger partial charge in [0.25, 0.3) is 0 Å². The molecule has 1 saturated heterocycles. The van der Waals surface area contributed by atoms with Crippen LogP contribution >= 0.6 is 0 Å². The molecule has 176 valence electrons. The highest BCUT2D eigenvalue weighted by Gasteiger charge is 2.25. The van der Waals surface area contributed by atoms with Crippen molar-refractivity contribution in [3.05, 3.63) is 72.4 Å². The quantitative estimate of drug-likeness (QED) is 0.434. The summed E-state index contributed by atoms with van der Waals surface area (Å²) in [6.07, 6.45) is 6.89. The zero-order chi connectivity index (χ0) is 23.4. The van der Waals surface area contributed by atoms with E-state index in [1.165, 1.54) is 24.8 Å². The summed E-state index contributed by atoms with van der Waals surface area (Å²) in [6.45, 7) is 5.21. The SMILES string of the molecule is COc1ccc(S(=O)(=O)C(C)C)cc1-c1cccn1CN1CCCCCC1c1ccccc1. The van der Waals surface area contributed by atoms with E-state index < -0.39 is 15.1 Å². The van der Waals surface area contributed by atoms with Crippen LogP contribution in [0.2, 0.25) is 0 Å². The molecule has 1 aromatic heterocycles. The third-order valence-electron chi connectivity index (χ3n) is 6.61. The Bertz CT molecular complexity index is 1170. The van der Waals surface area contributed by atoms with Crippen molar-refractivity contribution < 1.29 is 13.2 Å². The molecule has 0 amide bonds. The molecule has 2 heterocycles. The van der Waals surface area contributed by atoms with E-state index in [0.717, 1.165) is 30.9 Å². The van der Waals surface area contributed by atoms with Gasteiger partial charge in [-0.1, -0.05) is 43.2 Å². The smallest absolute Gasteiger partial charge is 0.180 e. The molecule has 1 aliphatic rings. The van der Waals surface area contributed by atoms with Crippen LogP contribution in [-0.2, 0) is 16.5 Å². The number of benzene rings is 2. The molecule has 5 nitrogen and oxygen atoms in total. The Morgan fingerprint density at radius 1 is 1.00 bits per heavy atom. The number of nitrogens with zero attached hydrogens (tertiary/aromatic N) is 2. The van der Waals surface area contributed by atoms with Crippen molar-refractivity contribution in [3.8, 4) is 17.0 Å². The Hall–Kier alpha value is -2.57. The summed E-state index contributed by atoms with van der Waals surface area (Å²) in [7, 11) is -1.75. The first-order valence-corrected chi connectivity index (χ1v) is 13.3. The van der Waals surface area contributed by atoms with Gasteiger partial charge in [0.1, 0.15) is 5.75 Å². The molecular formula is C27H34N2O3S. The fraction of sp³-hybridized carbons (Fsp3) is 0.407. The first-order valence-electron chi connectivity index (χ1n) is 11.8. The van der Waals surface area contributed by atoms with E-state index >= 15 is 0 Å². The standard InChI is InChI=1S/C27H34N2O3S/c1-21(2)33(30,31)23-15-16-27(32-3)24(19-23)26-14-10-18-29(26)20-28-17-9-5-8-13-25(28)22-11-6-4-7-12-22/h4,6-7,10-12,14-16,18-19,21,25H,5,8-9,13,17,20H2,1-3H3. The molecule has 0 bridgehead atoms. The minimum atomic E-state index is -3.38. The fourth-order valence-electron chi connectivity index (χ4n) is 4.70. The highest BCUT2D eigenvalue weighted by atomic mass is 32.2. The first kappa shape index (κ1) is 23.6. The lowest BCUT2D eigenvalue weighted by Crippen LogP contribution is -2.30. The fourth-order valence-corrected chi connectivity index (χ4v) is 5.79. The number of rotatable bonds is 7. The van der Waals surface area contributed by atoms with Crippen molar-refractivity contribution in [1.82, 2.24) is 9.47 Å². The lowest BCUT2D eigenvalue weighted by Gasteiger charge is -2.31. The largest absolute Gasteiger partial charge is 0.496 e. The predicted octanol–water partition coefficient (Wildman–Crippen LogP) is 5.92. The summed E-state index contributed by atoms with van der Waals surface area (Å²) in [4.78, 5) is 2.88. The molecule has 0 N–H and O–H groups in total. The van der Waals surface area contributed by atoms with Crippen LogP contribution in [0.5, 0.6) is 5.75 Å². The van der Waals surface area contributed by atoms with Gasteiger partial charge in [0, 0.05) is 24.3 Å². The van der Waals surface area contributed by atoms with Crippen LogP contribution in [-0.4, -0.2) is 36.8 Å². The maximum atomic E-state index is 12.8. The van der Waals surface area contributed by atoms with Crippen LogP contribution in [0, 0.1) is 0 Å². The Kier molecular flexibility index (Phi) is 7.25. The van der Waals surface area contributed by atoms with Crippen molar-refractivity contribution in [3.63, 3.8) is 0 Å². The normalized spacial score (nSPS) is 17.8. The van der Waals surface area contributed by atoms with E-state index in [-0.39, 0.29) is 0 Å². The van der Waals surface area contributed by atoms with Gasteiger partial charge in [-0.25, -0.2) is 8.42 Å². The second kappa shape index (κ2) is 10.1. The molecule has 0 aliphatic carbocycles. The zero-order valence-electron chi connectivity index (χ0n) is 19.8. The van der Waals surface area contributed by atoms with Crippen LogP contribution in [0.3, 0.4) is 0 Å². The van der Waals surface area contributed by atoms with E-state index in [1.807, 2.05) is 12.1 Å². The van der Waals surface area contributed by atoms with Gasteiger partial charge in [0.05, 0.1) is 29.6 Å². The Labute approximate surface area is 197 Å². The van der Waals surface area contributed by atoms with Gasteiger partial charge in [0.15, 0.2) is 9.84 Å². The minimum Gasteiger partial charge on any atom is -0.496 e. The summed E-state index contributed by atoms with van der Waals surface area (Å²) < 4.78 is 33.5. The van der Waals surface area contributed by atoms with Crippen LogP contribution in [0.25, 0.3) is 11.3 Å². The van der Waals surface area contributed by atoms with Crippen LogP contribution < -0.4 is 4.74 Å². The Morgan fingerprint density at radius 3 is 2.52 bits per heavy atom. The summed E-state index contributed by atoms with van der Waals surface area (Å²) in [5, 5.41) is -0.478. The van der Waals surface area contributed by atoms with Gasteiger partial charge in [-0.05, 0) is 62.6 Å². The first-order chi connectivity index (χ1) is 15.9. The molecule has 6 heteroatoms. The monoisotopic (exact) mass is 466 g/mol. The van der Waals surface area contributed by atoms with Crippen LogP contribution in [0.1, 0.15) is 51.1 Å². The molecule has 4 rings (SSSR count). The number of methoxy groups -OCH3 is 1. The second-order valence-electron chi connectivity index (χ2n) is 9.05. The number of sulfone groups is 1. The van der Waals surface area contributed by atoms with Gasteiger partial charge < -0.3 is 9.30 Å². The van der Waals surface area contributed by atoms with E-state index in [2.05, 4.69) is 46.0 Å². The van der Waals surface area contributed by atoms with Gasteiger partial charge in [-0.3, -0.25) is 4.90 Å². The molecule has 2 aromatic carbocycles. The van der Waals surface area contributed by atoms with Gasteiger partial charge in [-0.2, -0.15) is 0 Å². The van der Waals surface area contributed by atoms with E-state index in [1.54, 1.807) is 39.2 Å². The molecule has 0 saturated carbocycles. The summed E-state index contributed by atoms with van der Waals surface area (Å²) in [6, 6.07) is 20.4. The van der Waals surface area contributed by atoms with Crippen molar-refractivity contribution in [2.75, 3.05) is 13.7 Å². The summed E-state index contributed by atoms with van der Waals surface area (Å²) in [5.74, 6) is 0.674. The van der Waals surface area contributed by atoms with Crippen molar-refractivity contribution in [2.45, 2.75) is 62.4 Å². The number of hydrogen-bond acceptors (Lipinski definition) is 4. The maximum absolute atomic E-state index is 12.8. The van der Waals surface area contributed by atoms with Gasteiger partial charge in [-0.15, -0.1) is 0 Å². The Balaban J connectivity index is 1.71. The van der Waals surface area contributed by atoms with E-state index in [0.29, 0.717) is 16.7 Å². The molecule has 33 heavy (non-hydrogen) atoms. The minimum absolute atomic E-state index is 0.331. The van der Waals surface area contributed by atoms with E-state index in [9.17, 15) is 8.42 Å². The highest BCUT2D eigenvalue weighted by molar-refractivity contribution is 7.92. The molecule has 0 radical (unpaired) electrons. The maximum Gasteiger partial charge on any atom is 0.180 e. The average Bonchev–Trinajstić information content (AvgIpc) is 3.16. The van der Waals surface area contributed by atoms with E-state index in [4.69, 9.17) is 4.74 Å². The third-order valence-corrected chi connectivity index (χ3v) is 8.76. The third kappa shape index (κ3) is 5.02. The molecule has 1 atom stereocenters. The zero-order valence-corrected chi connectivity index (χ0v) is 20.6. The molecule has 1 aliphatic heterocycles.